The molecule has 0 aromatic carbocycles. The van der Waals surface area contributed by atoms with Gasteiger partial charge in [-0.2, -0.15) is 0 Å². The van der Waals surface area contributed by atoms with Crippen molar-refractivity contribution in [3.8, 4) is 0 Å². The molecule has 3 nitrogen and oxygen atoms in total. The molecule has 0 radical (unpaired) electrons. The first-order chi connectivity index (χ1) is 6.95. The zero-order valence-corrected chi connectivity index (χ0v) is 10.2. The summed E-state index contributed by atoms with van der Waals surface area (Å²) in [5.41, 5.74) is 4.78. The van der Waals surface area contributed by atoms with Gasteiger partial charge in [-0.05, 0) is 32.6 Å². The lowest BCUT2D eigenvalue weighted by Crippen LogP contribution is -2.55. The Bertz CT molecular complexity index is 226. The third kappa shape index (κ3) is 3.49. The van der Waals surface area contributed by atoms with Gasteiger partial charge in [-0.25, -0.2) is 0 Å². The van der Waals surface area contributed by atoms with Crippen LogP contribution in [0.25, 0.3) is 0 Å². The number of rotatable bonds is 4. The molecular formula is C12H24N2O. The van der Waals surface area contributed by atoms with Crippen LogP contribution in [0, 0.1) is 5.92 Å². The molecule has 1 saturated carbocycles. The molecule has 0 heterocycles. The van der Waals surface area contributed by atoms with Crippen LogP contribution in [-0.4, -0.2) is 17.5 Å². The summed E-state index contributed by atoms with van der Waals surface area (Å²) < 4.78 is 0. The number of carbonyl (C=O) groups excluding carboxylic acids is 1. The lowest BCUT2D eigenvalue weighted by atomic mass is 9.83. The third-order valence-corrected chi connectivity index (χ3v) is 3.54. The molecule has 1 amide bonds. The van der Waals surface area contributed by atoms with Crippen molar-refractivity contribution >= 4 is 5.91 Å². The van der Waals surface area contributed by atoms with E-state index in [4.69, 9.17) is 5.73 Å². The summed E-state index contributed by atoms with van der Waals surface area (Å²) in [7, 11) is 0. The van der Waals surface area contributed by atoms with E-state index in [1.165, 1.54) is 32.1 Å². The Labute approximate surface area is 92.8 Å². The minimum atomic E-state index is -0.569. The van der Waals surface area contributed by atoms with E-state index in [1.54, 1.807) is 0 Å². The van der Waals surface area contributed by atoms with Crippen molar-refractivity contribution in [3.63, 3.8) is 0 Å². The van der Waals surface area contributed by atoms with Gasteiger partial charge in [0.2, 0.25) is 5.91 Å². The highest BCUT2D eigenvalue weighted by atomic mass is 16.1. The highest BCUT2D eigenvalue weighted by Gasteiger charge is 2.30. The molecular weight excluding hydrogens is 188 g/mol. The van der Waals surface area contributed by atoms with Crippen LogP contribution in [0.1, 0.15) is 52.9 Å². The topological polar surface area (TPSA) is 55.1 Å². The fraction of sp³-hybridized carbons (Fsp3) is 0.917. The average Bonchev–Trinajstić information content (AvgIpc) is 2.17. The van der Waals surface area contributed by atoms with Crippen molar-refractivity contribution in [2.24, 2.45) is 11.7 Å². The molecule has 0 saturated heterocycles. The van der Waals surface area contributed by atoms with E-state index in [9.17, 15) is 4.79 Å². The first-order valence-corrected chi connectivity index (χ1v) is 6.03. The summed E-state index contributed by atoms with van der Waals surface area (Å²) in [6, 6.07) is 0.464. The van der Waals surface area contributed by atoms with Crippen LogP contribution in [0.2, 0.25) is 0 Å². The normalized spacial score (nSPS) is 27.7. The maximum atomic E-state index is 11.2. The summed E-state index contributed by atoms with van der Waals surface area (Å²) in [5.74, 6) is 0.557. The van der Waals surface area contributed by atoms with Gasteiger partial charge in [-0.3, -0.25) is 4.79 Å². The van der Waals surface area contributed by atoms with Gasteiger partial charge in [0.05, 0.1) is 5.54 Å². The first kappa shape index (κ1) is 12.5. The molecule has 2 atom stereocenters. The van der Waals surface area contributed by atoms with Crippen LogP contribution in [-0.2, 0) is 4.79 Å². The number of amides is 1. The summed E-state index contributed by atoms with van der Waals surface area (Å²) >= 11 is 0. The van der Waals surface area contributed by atoms with E-state index in [0.717, 1.165) is 5.92 Å². The lowest BCUT2D eigenvalue weighted by Gasteiger charge is -2.34. The largest absolute Gasteiger partial charge is 0.368 e. The number of hydrogen-bond donors (Lipinski definition) is 2. The highest BCUT2D eigenvalue weighted by molar-refractivity contribution is 5.83. The van der Waals surface area contributed by atoms with E-state index < -0.39 is 5.54 Å². The van der Waals surface area contributed by atoms with Crippen molar-refractivity contribution in [1.29, 1.82) is 0 Å². The predicted molar refractivity (Wildman–Crippen MR) is 62.4 cm³/mol. The van der Waals surface area contributed by atoms with Gasteiger partial charge in [-0.1, -0.05) is 26.2 Å². The Kier molecular flexibility index (Phi) is 4.14. The van der Waals surface area contributed by atoms with Crippen LogP contribution in [0.5, 0.6) is 0 Å². The second kappa shape index (κ2) is 4.97. The van der Waals surface area contributed by atoms with Gasteiger partial charge in [-0.15, -0.1) is 0 Å². The fourth-order valence-electron chi connectivity index (χ4n) is 2.37. The van der Waals surface area contributed by atoms with E-state index in [0.29, 0.717) is 6.04 Å². The highest BCUT2D eigenvalue weighted by Crippen LogP contribution is 2.27. The van der Waals surface area contributed by atoms with Gasteiger partial charge in [0.1, 0.15) is 0 Å². The Hall–Kier alpha value is -0.570. The molecule has 88 valence electrons. The maximum absolute atomic E-state index is 11.2. The molecule has 1 aliphatic carbocycles. The molecule has 0 bridgehead atoms. The van der Waals surface area contributed by atoms with Crippen molar-refractivity contribution < 1.29 is 4.79 Å². The minimum absolute atomic E-state index is 0.263. The molecule has 3 N–H and O–H groups in total. The van der Waals surface area contributed by atoms with Crippen molar-refractivity contribution in [1.82, 2.24) is 5.32 Å². The summed E-state index contributed by atoms with van der Waals surface area (Å²) in [6.07, 6.45) is 6.21. The SMILES string of the molecule is CCC1CCCC(NC(C)(C)C(N)=O)C1. The van der Waals surface area contributed by atoms with Gasteiger partial charge in [0.15, 0.2) is 0 Å². The average molecular weight is 212 g/mol. The van der Waals surface area contributed by atoms with Crippen LogP contribution < -0.4 is 11.1 Å². The van der Waals surface area contributed by atoms with E-state index in [1.807, 2.05) is 13.8 Å². The monoisotopic (exact) mass is 212 g/mol. The summed E-state index contributed by atoms with van der Waals surface area (Å²) in [4.78, 5) is 11.2. The smallest absolute Gasteiger partial charge is 0.237 e. The quantitative estimate of drug-likeness (QED) is 0.746. The number of nitrogens with one attached hydrogen (secondary N) is 1. The Morgan fingerprint density at radius 1 is 1.47 bits per heavy atom. The Balaban J connectivity index is 2.47. The first-order valence-electron chi connectivity index (χ1n) is 6.03. The second-order valence-corrected chi connectivity index (χ2v) is 5.27. The van der Waals surface area contributed by atoms with E-state index >= 15 is 0 Å². The van der Waals surface area contributed by atoms with Crippen LogP contribution in [0.4, 0.5) is 0 Å². The standard InChI is InChI=1S/C12H24N2O/c1-4-9-6-5-7-10(8-9)14-12(2,3)11(13)15/h9-10,14H,4-8H2,1-3H3,(H2,13,15). The molecule has 15 heavy (non-hydrogen) atoms. The molecule has 2 unspecified atom stereocenters. The number of primary amides is 1. The molecule has 0 aromatic rings. The van der Waals surface area contributed by atoms with Crippen LogP contribution >= 0.6 is 0 Å². The fourth-order valence-corrected chi connectivity index (χ4v) is 2.37. The maximum Gasteiger partial charge on any atom is 0.237 e. The molecule has 1 fully saturated rings. The van der Waals surface area contributed by atoms with E-state index in [2.05, 4.69) is 12.2 Å². The van der Waals surface area contributed by atoms with Crippen LogP contribution in [0.15, 0.2) is 0 Å². The molecule has 0 aliphatic heterocycles. The zero-order valence-electron chi connectivity index (χ0n) is 10.2. The molecule has 3 heteroatoms. The minimum Gasteiger partial charge on any atom is -0.368 e. The lowest BCUT2D eigenvalue weighted by molar-refractivity contribution is -0.123. The molecule has 0 aromatic heterocycles. The Morgan fingerprint density at radius 2 is 2.13 bits per heavy atom. The van der Waals surface area contributed by atoms with Crippen molar-refractivity contribution in [3.05, 3.63) is 0 Å². The van der Waals surface area contributed by atoms with Gasteiger partial charge < -0.3 is 11.1 Å². The van der Waals surface area contributed by atoms with Gasteiger partial charge >= 0.3 is 0 Å². The van der Waals surface area contributed by atoms with Crippen LogP contribution in [0.3, 0.4) is 0 Å². The molecule has 0 spiro atoms. The predicted octanol–water partition coefficient (Wildman–Crippen LogP) is 1.81. The number of carbonyl (C=O) groups is 1. The number of hydrogen-bond acceptors (Lipinski definition) is 2. The summed E-state index contributed by atoms with van der Waals surface area (Å²) in [5, 5.41) is 3.38. The molecule has 1 aliphatic rings. The van der Waals surface area contributed by atoms with Gasteiger partial charge in [0.25, 0.3) is 0 Å². The summed E-state index contributed by atoms with van der Waals surface area (Å²) in [6.45, 7) is 5.97. The molecule has 1 rings (SSSR count). The number of nitrogens with two attached hydrogens (primary N) is 1. The van der Waals surface area contributed by atoms with Crippen molar-refractivity contribution in [2.75, 3.05) is 0 Å². The van der Waals surface area contributed by atoms with Gasteiger partial charge in [0, 0.05) is 6.04 Å². The van der Waals surface area contributed by atoms with E-state index in [-0.39, 0.29) is 5.91 Å². The zero-order chi connectivity index (χ0) is 11.5. The third-order valence-electron chi connectivity index (χ3n) is 3.54. The second-order valence-electron chi connectivity index (χ2n) is 5.27. The Morgan fingerprint density at radius 3 is 2.67 bits per heavy atom. The van der Waals surface area contributed by atoms with Crippen molar-refractivity contribution in [2.45, 2.75) is 64.5 Å².